The molecule has 1 aromatic rings. The Hall–Kier alpha value is -1.61. The Morgan fingerprint density at radius 2 is 1.65 bits per heavy atom. The average Bonchev–Trinajstić information content (AvgIpc) is 2.56. The Bertz CT molecular complexity index is 431. The van der Waals surface area contributed by atoms with Gasteiger partial charge in [0.2, 0.25) is 0 Å². The molecule has 0 heterocycles. The lowest BCUT2D eigenvalue weighted by Gasteiger charge is -2.14. The van der Waals surface area contributed by atoms with Gasteiger partial charge in [0.1, 0.15) is 6.04 Å². The predicted molar refractivity (Wildman–Crippen MR) is 96.7 cm³/mol. The smallest absolute Gasteiger partial charge is 0.321 e. The van der Waals surface area contributed by atoms with Gasteiger partial charge in [-0.15, -0.1) is 6.58 Å². The van der Waals surface area contributed by atoms with E-state index in [1.807, 2.05) is 36.4 Å². The third kappa shape index (κ3) is 9.90. The number of allylic oxidation sites excluding steroid dienone is 1. The molecule has 1 rings (SSSR count). The molecule has 0 aliphatic heterocycles. The molecule has 0 aliphatic carbocycles. The van der Waals surface area contributed by atoms with Gasteiger partial charge in [0.15, 0.2) is 0 Å². The van der Waals surface area contributed by atoms with Crippen LogP contribution >= 0.6 is 0 Å². The highest BCUT2D eigenvalue weighted by Crippen LogP contribution is 2.09. The summed E-state index contributed by atoms with van der Waals surface area (Å²) in [5, 5.41) is 12.5. The predicted octanol–water partition coefficient (Wildman–Crippen LogP) is 4.58. The lowest BCUT2D eigenvalue weighted by molar-refractivity contribution is -0.139. The summed E-state index contributed by atoms with van der Waals surface area (Å²) in [4.78, 5) is 11.3. The largest absolute Gasteiger partial charge is 0.480 e. The first-order valence-corrected chi connectivity index (χ1v) is 8.85. The summed E-state index contributed by atoms with van der Waals surface area (Å²) in [6.45, 7) is 4.51. The molecule has 23 heavy (non-hydrogen) atoms. The van der Waals surface area contributed by atoms with E-state index in [0.717, 1.165) is 24.9 Å². The van der Waals surface area contributed by atoms with Crippen LogP contribution < -0.4 is 5.32 Å². The molecule has 0 unspecified atom stereocenters. The number of carbonyl (C=O) groups is 1. The van der Waals surface area contributed by atoms with Crippen LogP contribution in [0.15, 0.2) is 43.0 Å². The number of carboxylic acids is 1. The molecule has 0 radical (unpaired) electrons. The van der Waals surface area contributed by atoms with Crippen LogP contribution in [0.25, 0.3) is 0 Å². The summed E-state index contributed by atoms with van der Waals surface area (Å²) in [6.07, 6.45) is 12.2. The third-order valence-corrected chi connectivity index (χ3v) is 4.06. The number of nitrogens with one attached hydrogen (secondary N) is 1. The highest BCUT2D eigenvalue weighted by molar-refractivity contribution is 5.73. The van der Waals surface area contributed by atoms with Crippen molar-refractivity contribution in [3.63, 3.8) is 0 Å². The second kappa shape index (κ2) is 12.9. The summed E-state index contributed by atoms with van der Waals surface area (Å²) in [6, 6.07) is 9.31. The topological polar surface area (TPSA) is 49.3 Å². The number of hydrogen-bond donors (Lipinski definition) is 2. The minimum Gasteiger partial charge on any atom is -0.480 e. The van der Waals surface area contributed by atoms with Crippen LogP contribution in [0.3, 0.4) is 0 Å². The van der Waals surface area contributed by atoms with Gasteiger partial charge >= 0.3 is 5.97 Å². The van der Waals surface area contributed by atoms with Gasteiger partial charge in [0.05, 0.1) is 0 Å². The van der Waals surface area contributed by atoms with E-state index in [2.05, 4.69) is 11.9 Å². The monoisotopic (exact) mass is 317 g/mol. The third-order valence-electron chi connectivity index (χ3n) is 4.06. The summed E-state index contributed by atoms with van der Waals surface area (Å²) < 4.78 is 0. The molecule has 1 aromatic carbocycles. The Balaban J connectivity index is 2.07. The second-order valence-electron chi connectivity index (χ2n) is 6.09. The van der Waals surface area contributed by atoms with Crippen molar-refractivity contribution in [1.82, 2.24) is 5.32 Å². The van der Waals surface area contributed by atoms with Crippen LogP contribution in [0.4, 0.5) is 0 Å². The first-order valence-electron chi connectivity index (χ1n) is 8.85. The summed E-state index contributed by atoms with van der Waals surface area (Å²) in [5.41, 5.74) is 1.06. The van der Waals surface area contributed by atoms with E-state index in [4.69, 9.17) is 0 Å². The number of aliphatic carboxylic acids is 1. The van der Waals surface area contributed by atoms with Crippen molar-refractivity contribution >= 4 is 5.97 Å². The zero-order chi connectivity index (χ0) is 16.8. The molecule has 128 valence electrons. The van der Waals surface area contributed by atoms with E-state index in [0.29, 0.717) is 6.42 Å². The Labute approximate surface area is 140 Å². The molecule has 0 fully saturated rings. The van der Waals surface area contributed by atoms with E-state index < -0.39 is 12.0 Å². The minimum absolute atomic E-state index is 0.490. The van der Waals surface area contributed by atoms with Crippen LogP contribution in [0.1, 0.15) is 56.9 Å². The number of unbranched alkanes of at least 4 members (excludes halogenated alkanes) is 7. The zero-order valence-electron chi connectivity index (χ0n) is 14.2. The average molecular weight is 317 g/mol. The van der Waals surface area contributed by atoms with Gasteiger partial charge < -0.3 is 10.4 Å². The van der Waals surface area contributed by atoms with Crippen molar-refractivity contribution in [2.75, 3.05) is 6.54 Å². The lowest BCUT2D eigenvalue weighted by atomic mass is 10.1. The fourth-order valence-electron chi connectivity index (χ4n) is 2.67. The molecular weight excluding hydrogens is 286 g/mol. The molecule has 0 saturated heterocycles. The Morgan fingerprint density at radius 1 is 1.04 bits per heavy atom. The van der Waals surface area contributed by atoms with Gasteiger partial charge in [-0.25, -0.2) is 0 Å². The Kier molecular flexibility index (Phi) is 10.9. The van der Waals surface area contributed by atoms with Crippen molar-refractivity contribution in [2.24, 2.45) is 0 Å². The lowest BCUT2D eigenvalue weighted by Crippen LogP contribution is -2.39. The zero-order valence-corrected chi connectivity index (χ0v) is 14.2. The first kappa shape index (κ1) is 19.4. The van der Waals surface area contributed by atoms with Crippen LogP contribution in [-0.4, -0.2) is 23.7 Å². The molecule has 0 bridgehead atoms. The van der Waals surface area contributed by atoms with Crippen LogP contribution in [0.2, 0.25) is 0 Å². The van der Waals surface area contributed by atoms with E-state index in [-0.39, 0.29) is 0 Å². The van der Waals surface area contributed by atoms with Crippen molar-refractivity contribution in [1.29, 1.82) is 0 Å². The van der Waals surface area contributed by atoms with E-state index in [1.54, 1.807) is 0 Å². The number of benzene rings is 1. The maximum atomic E-state index is 11.3. The highest BCUT2D eigenvalue weighted by Gasteiger charge is 2.16. The van der Waals surface area contributed by atoms with Gasteiger partial charge in [-0.3, -0.25) is 4.79 Å². The first-order chi connectivity index (χ1) is 11.2. The molecule has 3 heteroatoms. The Morgan fingerprint density at radius 3 is 2.26 bits per heavy atom. The molecule has 0 amide bonds. The van der Waals surface area contributed by atoms with Gasteiger partial charge in [-0.2, -0.15) is 0 Å². The van der Waals surface area contributed by atoms with Gasteiger partial charge in [0.25, 0.3) is 0 Å². The molecule has 1 atom stereocenters. The quantitative estimate of drug-likeness (QED) is 0.390. The molecular formula is C20H31NO2. The van der Waals surface area contributed by atoms with Gasteiger partial charge in [-0.05, 0) is 37.8 Å². The summed E-state index contributed by atoms with van der Waals surface area (Å²) in [7, 11) is 0. The fraction of sp³-hybridized carbons (Fsp3) is 0.550. The van der Waals surface area contributed by atoms with Crippen molar-refractivity contribution < 1.29 is 9.90 Å². The van der Waals surface area contributed by atoms with Crippen LogP contribution in [0.5, 0.6) is 0 Å². The normalized spacial score (nSPS) is 12.0. The van der Waals surface area contributed by atoms with Crippen LogP contribution in [-0.2, 0) is 11.2 Å². The van der Waals surface area contributed by atoms with Gasteiger partial charge in [-0.1, -0.05) is 68.5 Å². The van der Waals surface area contributed by atoms with Crippen molar-refractivity contribution in [3.05, 3.63) is 48.6 Å². The van der Waals surface area contributed by atoms with Crippen LogP contribution in [0, 0.1) is 0 Å². The van der Waals surface area contributed by atoms with Gasteiger partial charge in [0, 0.05) is 0 Å². The molecule has 0 aromatic heterocycles. The maximum absolute atomic E-state index is 11.3. The number of hydrogen-bond acceptors (Lipinski definition) is 2. The molecule has 0 saturated carbocycles. The fourth-order valence-corrected chi connectivity index (χ4v) is 2.67. The SMILES string of the molecule is C=CCCCCCCCCCN[C@@H](Cc1ccccc1)C(=O)O. The molecule has 2 N–H and O–H groups in total. The number of carboxylic acid groups (broad SMARTS) is 1. The molecule has 0 aliphatic rings. The standard InChI is InChI=1S/C20H31NO2/c1-2-3-4-5-6-7-8-9-13-16-21-19(20(22)23)17-18-14-11-10-12-15-18/h2,10-12,14-15,19,21H,1,3-9,13,16-17H2,(H,22,23)/t19-/m0/s1. The van der Waals surface area contributed by atoms with Crippen molar-refractivity contribution in [3.8, 4) is 0 Å². The molecule has 0 spiro atoms. The molecule has 3 nitrogen and oxygen atoms in total. The summed E-state index contributed by atoms with van der Waals surface area (Å²) in [5.74, 6) is -0.768. The highest BCUT2D eigenvalue weighted by atomic mass is 16.4. The van der Waals surface area contributed by atoms with E-state index >= 15 is 0 Å². The summed E-state index contributed by atoms with van der Waals surface area (Å²) >= 11 is 0. The van der Waals surface area contributed by atoms with E-state index in [1.165, 1.54) is 38.5 Å². The van der Waals surface area contributed by atoms with E-state index in [9.17, 15) is 9.90 Å². The second-order valence-corrected chi connectivity index (χ2v) is 6.09. The minimum atomic E-state index is -0.768. The van der Waals surface area contributed by atoms with Crippen molar-refractivity contribution in [2.45, 2.75) is 63.8 Å². The maximum Gasteiger partial charge on any atom is 0.321 e. The number of rotatable bonds is 14.